The molecule has 0 aliphatic rings. The number of methoxy groups -OCH3 is 2. The summed E-state index contributed by atoms with van der Waals surface area (Å²) in [5.41, 5.74) is 1.91. The maximum atomic E-state index is 5.23. The molecule has 0 spiro atoms. The number of nitrogens with one attached hydrogen (secondary N) is 1. The summed E-state index contributed by atoms with van der Waals surface area (Å²) in [5, 5.41) is 4.15. The van der Waals surface area contributed by atoms with Crippen LogP contribution in [0.1, 0.15) is 0 Å². The van der Waals surface area contributed by atoms with Crippen LogP contribution in [-0.2, 0) is 0 Å². The third kappa shape index (κ3) is 2.96. The number of hydrogen-bond acceptors (Lipinski definition) is 5. The highest BCUT2D eigenvalue weighted by atomic mass is 79.9. The zero-order chi connectivity index (χ0) is 14.8. The molecule has 0 atom stereocenters. The zero-order valence-corrected chi connectivity index (χ0v) is 13.9. The summed E-state index contributed by atoms with van der Waals surface area (Å²) in [6.07, 6.45) is 0. The Balaban J connectivity index is 1.89. The van der Waals surface area contributed by atoms with E-state index >= 15 is 0 Å². The highest BCUT2D eigenvalue weighted by molar-refractivity contribution is 9.10. The summed E-state index contributed by atoms with van der Waals surface area (Å²) in [7, 11) is 3.31. The molecule has 0 fully saturated rings. The standard InChI is InChI=1S/C15H13BrN2O2S/c1-19-10-4-5-12-14(8-10)21-15(18-12)17-9-3-6-13(20-2)11(16)7-9/h3-8H,1-2H3,(H,17,18). The van der Waals surface area contributed by atoms with Crippen LogP contribution in [-0.4, -0.2) is 19.2 Å². The van der Waals surface area contributed by atoms with Gasteiger partial charge in [-0.3, -0.25) is 0 Å². The predicted molar refractivity (Wildman–Crippen MR) is 90.1 cm³/mol. The van der Waals surface area contributed by atoms with Crippen molar-refractivity contribution in [2.75, 3.05) is 19.5 Å². The molecule has 4 nitrogen and oxygen atoms in total. The van der Waals surface area contributed by atoms with Gasteiger partial charge in [0.25, 0.3) is 0 Å². The highest BCUT2D eigenvalue weighted by Crippen LogP contribution is 2.33. The fourth-order valence-electron chi connectivity index (χ4n) is 1.95. The number of ether oxygens (including phenoxy) is 2. The van der Waals surface area contributed by atoms with Crippen molar-refractivity contribution < 1.29 is 9.47 Å². The molecule has 0 bridgehead atoms. The Morgan fingerprint density at radius 2 is 1.95 bits per heavy atom. The molecule has 1 aromatic heterocycles. The molecular weight excluding hydrogens is 352 g/mol. The van der Waals surface area contributed by atoms with Crippen molar-refractivity contribution in [1.82, 2.24) is 4.98 Å². The molecule has 108 valence electrons. The van der Waals surface area contributed by atoms with Gasteiger partial charge in [0.15, 0.2) is 5.13 Å². The normalized spacial score (nSPS) is 10.6. The first-order valence-electron chi connectivity index (χ1n) is 6.25. The first-order chi connectivity index (χ1) is 10.2. The lowest BCUT2D eigenvalue weighted by Gasteiger charge is -2.06. The SMILES string of the molecule is COc1ccc2nc(Nc3ccc(OC)c(Br)c3)sc2c1. The Morgan fingerprint density at radius 1 is 1.10 bits per heavy atom. The van der Waals surface area contributed by atoms with Crippen molar-refractivity contribution in [1.29, 1.82) is 0 Å². The molecule has 1 heterocycles. The molecule has 0 amide bonds. The van der Waals surface area contributed by atoms with Gasteiger partial charge in [-0.05, 0) is 52.3 Å². The Labute approximate surface area is 134 Å². The average Bonchev–Trinajstić information content (AvgIpc) is 2.88. The lowest BCUT2D eigenvalue weighted by molar-refractivity contribution is 0.412. The maximum absolute atomic E-state index is 5.23. The van der Waals surface area contributed by atoms with E-state index in [-0.39, 0.29) is 0 Å². The number of hydrogen-bond donors (Lipinski definition) is 1. The summed E-state index contributed by atoms with van der Waals surface area (Å²) in [6, 6.07) is 11.7. The number of benzene rings is 2. The van der Waals surface area contributed by atoms with Gasteiger partial charge in [0, 0.05) is 5.69 Å². The highest BCUT2D eigenvalue weighted by Gasteiger charge is 2.07. The van der Waals surface area contributed by atoms with E-state index in [0.717, 1.165) is 37.0 Å². The van der Waals surface area contributed by atoms with Gasteiger partial charge in [-0.25, -0.2) is 4.98 Å². The molecule has 3 aromatic rings. The van der Waals surface area contributed by atoms with E-state index in [4.69, 9.17) is 9.47 Å². The second-order valence-electron chi connectivity index (χ2n) is 4.33. The van der Waals surface area contributed by atoms with Crippen LogP contribution < -0.4 is 14.8 Å². The molecule has 6 heteroatoms. The Hall–Kier alpha value is -1.79. The third-order valence-corrected chi connectivity index (χ3v) is 4.55. The monoisotopic (exact) mass is 364 g/mol. The van der Waals surface area contributed by atoms with Crippen LogP contribution in [0.2, 0.25) is 0 Å². The van der Waals surface area contributed by atoms with Gasteiger partial charge in [-0.2, -0.15) is 0 Å². The van der Waals surface area contributed by atoms with Crippen LogP contribution in [0.25, 0.3) is 10.2 Å². The predicted octanol–water partition coefficient (Wildman–Crippen LogP) is 4.82. The van der Waals surface area contributed by atoms with Crippen molar-refractivity contribution in [3.8, 4) is 11.5 Å². The minimum Gasteiger partial charge on any atom is -0.497 e. The summed E-state index contributed by atoms with van der Waals surface area (Å²) >= 11 is 5.06. The first-order valence-corrected chi connectivity index (χ1v) is 7.85. The van der Waals surface area contributed by atoms with Crippen LogP contribution in [0.15, 0.2) is 40.9 Å². The van der Waals surface area contributed by atoms with Crippen LogP contribution in [0.5, 0.6) is 11.5 Å². The molecule has 21 heavy (non-hydrogen) atoms. The summed E-state index contributed by atoms with van der Waals surface area (Å²) < 4.78 is 12.4. The molecule has 1 N–H and O–H groups in total. The van der Waals surface area contributed by atoms with E-state index < -0.39 is 0 Å². The topological polar surface area (TPSA) is 43.4 Å². The maximum Gasteiger partial charge on any atom is 0.188 e. The Bertz CT molecular complexity index is 788. The number of aromatic nitrogens is 1. The van der Waals surface area contributed by atoms with Crippen LogP contribution in [0.3, 0.4) is 0 Å². The summed E-state index contributed by atoms with van der Waals surface area (Å²) in [5.74, 6) is 1.64. The van der Waals surface area contributed by atoms with E-state index in [1.165, 1.54) is 0 Å². The number of nitrogens with zero attached hydrogens (tertiary/aromatic N) is 1. The zero-order valence-electron chi connectivity index (χ0n) is 11.5. The fraction of sp³-hybridized carbons (Fsp3) is 0.133. The molecule has 2 aromatic carbocycles. The molecule has 0 aliphatic heterocycles. The number of rotatable bonds is 4. The smallest absolute Gasteiger partial charge is 0.188 e. The lowest BCUT2D eigenvalue weighted by atomic mass is 10.3. The summed E-state index contributed by atoms with van der Waals surface area (Å²) in [4.78, 5) is 4.56. The Kier molecular flexibility index (Phi) is 3.98. The number of thiazole rings is 1. The van der Waals surface area contributed by atoms with E-state index in [2.05, 4.69) is 26.2 Å². The van der Waals surface area contributed by atoms with Crippen molar-refractivity contribution in [2.24, 2.45) is 0 Å². The molecule has 0 unspecified atom stereocenters. The molecule has 0 aliphatic carbocycles. The van der Waals surface area contributed by atoms with Gasteiger partial charge in [0.1, 0.15) is 11.5 Å². The number of fused-ring (bicyclic) bond motifs is 1. The number of halogens is 1. The van der Waals surface area contributed by atoms with Gasteiger partial charge >= 0.3 is 0 Å². The van der Waals surface area contributed by atoms with Crippen molar-refractivity contribution >= 4 is 48.3 Å². The van der Waals surface area contributed by atoms with Gasteiger partial charge in [0.2, 0.25) is 0 Å². The fourth-order valence-corrected chi connectivity index (χ4v) is 3.41. The lowest BCUT2D eigenvalue weighted by Crippen LogP contribution is -1.90. The van der Waals surface area contributed by atoms with Crippen LogP contribution in [0.4, 0.5) is 10.8 Å². The molecule has 0 saturated carbocycles. The molecular formula is C15H13BrN2O2S. The minimum atomic E-state index is 0.801. The van der Waals surface area contributed by atoms with E-state index in [9.17, 15) is 0 Å². The van der Waals surface area contributed by atoms with Gasteiger partial charge in [-0.15, -0.1) is 0 Å². The van der Waals surface area contributed by atoms with E-state index in [1.807, 2.05) is 36.4 Å². The van der Waals surface area contributed by atoms with E-state index in [1.54, 1.807) is 25.6 Å². The minimum absolute atomic E-state index is 0.801. The van der Waals surface area contributed by atoms with Crippen molar-refractivity contribution in [3.05, 3.63) is 40.9 Å². The summed E-state index contributed by atoms with van der Waals surface area (Å²) in [6.45, 7) is 0. The molecule has 0 radical (unpaired) electrons. The van der Waals surface area contributed by atoms with Gasteiger partial charge in [0.05, 0.1) is 28.9 Å². The second kappa shape index (κ2) is 5.91. The third-order valence-electron chi connectivity index (χ3n) is 3.00. The van der Waals surface area contributed by atoms with Crippen LogP contribution in [0, 0.1) is 0 Å². The quantitative estimate of drug-likeness (QED) is 0.720. The van der Waals surface area contributed by atoms with Crippen molar-refractivity contribution in [3.63, 3.8) is 0 Å². The van der Waals surface area contributed by atoms with Crippen molar-refractivity contribution in [2.45, 2.75) is 0 Å². The first kappa shape index (κ1) is 14.2. The number of anilines is 2. The van der Waals surface area contributed by atoms with Gasteiger partial charge in [-0.1, -0.05) is 11.3 Å². The molecule has 3 rings (SSSR count). The largest absolute Gasteiger partial charge is 0.497 e. The van der Waals surface area contributed by atoms with Gasteiger partial charge < -0.3 is 14.8 Å². The van der Waals surface area contributed by atoms with Crippen LogP contribution >= 0.6 is 27.3 Å². The average molecular weight is 365 g/mol. The molecule has 0 saturated heterocycles. The Morgan fingerprint density at radius 3 is 2.67 bits per heavy atom. The second-order valence-corrected chi connectivity index (χ2v) is 6.21. The van der Waals surface area contributed by atoms with E-state index in [0.29, 0.717) is 0 Å².